The Bertz CT molecular complexity index is 356. The van der Waals surface area contributed by atoms with Crippen molar-refractivity contribution in [3.63, 3.8) is 0 Å². The van der Waals surface area contributed by atoms with Crippen molar-refractivity contribution in [3.05, 3.63) is 11.4 Å². The monoisotopic (exact) mass is 254 g/mol. The van der Waals surface area contributed by atoms with Crippen molar-refractivity contribution < 1.29 is 9.90 Å². The zero-order valence-electron chi connectivity index (χ0n) is 12.8. The molecular weight excluding hydrogens is 228 g/mol. The third-order valence-electron chi connectivity index (χ3n) is 3.40. The van der Waals surface area contributed by atoms with E-state index in [9.17, 15) is 9.90 Å². The van der Waals surface area contributed by atoms with E-state index in [0.29, 0.717) is 0 Å². The quantitative estimate of drug-likeness (QED) is 0.781. The van der Waals surface area contributed by atoms with Gasteiger partial charge in [0.1, 0.15) is 0 Å². The second-order valence-electron chi connectivity index (χ2n) is 6.96. The van der Waals surface area contributed by atoms with Crippen LogP contribution in [-0.4, -0.2) is 38.1 Å². The molecule has 0 bridgehead atoms. The van der Waals surface area contributed by atoms with Gasteiger partial charge in [0.15, 0.2) is 0 Å². The van der Waals surface area contributed by atoms with E-state index in [1.165, 1.54) is 0 Å². The fourth-order valence-corrected chi connectivity index (χ4v) is 2.79. The SMILES string of the molecule is CC1=C(C)N(C(C)(C)C)C(C(=O)O)N1C(C)(C)C. The lowest BCUT2D eigenvalue weighted by atomic mass is 10.0. The van der Waals surface area contributed by atoms with Crippen molar-refractivity contribution in [2.24, 2.45) is 0 Å². The predicted octanol–water partition coefficient (Wildman–Crippen LogP) is 2.86. The Morgan fingerprint density at radius 2 is 1.22 bits per heavy atom. The molecule has 4 heteroatoms. The first-order valence-corrected chi connectivity index (χ1v) is 6.38. The highest BCUT2D eigenvalue weighted by atomic mass is 16.4. The van der Waals surface area contributed by atoms with Crippen molar-refractivity contribution in [3.8, 4) is 0 Å². The summed E-state index contributed by atoms with van der Waals surface area (Å²) in [7, 11) is 0. The zero-order chi connectivity index (χ0) is 14.5. The molecule has 0 aromatic carbocycles. The van der Waals surface area contributed by atoms with Crippen LogP contribution >= 0.6 is 0 Å². The van der Waals surface area contributed by atoms with Crippen molar-refractivity contribution in [2.75, 3.05) is 0 Å². The number of rotatable bonds is 1. The number of carbonyl (C=O) groups is 1. The summed E-state index contributed by atoms with van der Waals surface area (Å²) in [6.07, 6.45) is -0.620. The molecule has 0 spiro atoms. The molecule has 1 aliphatic heterocycles. The number of hydrogen-bond donors (Lipinski definition) is 1. The number of aliphatic carboxylic acids is 1. The van der Waals surface area contributed by atoms with Gasteiger partial charge in [-0.2, -0.15) is 0 Å². The van der Waals surface area contributed by atoms with Crippen molar-refractivity contribution in [2.45, 2.75) is 72.6 Å². The van der Waals surface area contributed by atoms with Gasteiger partial charge in [0.05, 0.1) is 0 Å². The van der Waals surface area contributed by atoms with Gasteiger partial charge in [0.2, 0.25) is 6.17 Å². The summed E-state index contributed by atoms with van der Waals surface area (Å²) >= 11 is 0. The number of hydrogen-bond acceptors (Lipinski definition) is 3. The highest BCUT2D eigenvalue weighted by Crippen LogP contribution is 2.39. The Hall–Kier alpha value is -1.19. The molecule has 1 N–H and O–H groups in total. The van der Waals surface area contributed by atoms with Crippen molar-refractivity contribution in [1.82, 2.24) is 9.80 Å². The molecule has 0 aliphatic carbocycles. The van der Waals surface area contributed by atoms with E-state index >= 15 is 0 Å². The molecule has 0 amide bonds. The molecule has 104 valence electrons. The molecule has 0 radical (unpaired) electrons. The maximum atomic E-state index is 11.7. The average Bonchev–Trinajstić information content (AvgIpc) is 2.37. The summed E-state index contributed by atoms with van der Waals surface area (Å²) in [5.74, 6) is -0.795. The normalized spacial score (nSPS) is 18.9. The van der Waals surface area contributed by atoms with Gasteiger partial charge in [-0.25, -0.2) is 4.79 Å². The minimum atomic E-state index is -0.795. The van der Waals surface area contributed by atoms with E-state index in [0.717, 1.165) is 11.4 Å². The van der Waals surface area contributed by atoms with Crippen LogP contribution in [0.4, 0.5) is 0 Å². The molecule has 18 heavy (non-hydrogen) atoms. The van der Waals surface area contributed by atoms with E-state index in [1.807, 2.05) is 65.2 Å². The molecular formula is C14H26N2O2. The van der Waals surface area contributed by atoms with E-state index in [4.69, 9.17) is 0 Å². The molecule has 0 aromatic rings. The Balaban J connectivity index is 3.36. The van der Waals surface area contributed by atoms with Crippen LogP contribution in [0.15, 0.2) is 11.4 Å². The molecule has 0 unspecified atom stereocenters. The van der Waals surface area contributed by atoms with Gasteiger partial charge < -0.3 is 14.9 Å². The maximum Gasteiger partial charge on any atom is 0.347 e. The summed E-state index contributed by atoms with van der Waals surface area (Å²) in [5, 5.41) is 9.61. The highest BCUT2D eigenvalue weighted by molar-refractivity contribution is 5.75. The van der Waals surface area contributed by atoms with Gasteiger partial charge in [-0.15, -0.1) is 0 Å². The second kappa shape index (κ2) is 4.18. The van der Waals surface area contributed by atoms with Crippen molar-refractivity contribution >= 4 is 5.97 Å². The van der Waals surface area contributed by atoms with Crippen LogP contribution in [0, 0.1) is 0 Å². The molecule has 1 aliphatic rings. The summed E-state index contributed by atoms with van der Waals surface area (Å²) in [6, 6.07) is 0. The van der Waals surface area contributed by atoms with Gasteiger partial charge >= 0.3 is 5.97 Å². The van der Waals surface area contributed by atoms with Crippen LogP contribution in [0.3, 0.4) is 0 Å². The summed E-state index contributed by atoms with van der Waals surface area (Å²) in [5.41, 5.74) is 1.66. The fourth-order valence-electron chi connectivity index (χ4n) is 2.79. The van der Waals surface area contributed by atoms with E-state index < -0.39 is 12.1 Å². The van der Waals surface area contributed by atoms with Gasteiger partial charge in [0.25, 0.3) is 0 Å². The highest BCUT2D eigenvalue weighted by Gasteiger charge is 2.47. The van der Waals surface area contributed by atoms with Gasteiger partial charge in [0, 0.05) is 22.5 Å². The van der Waals surface area contributed by atoms with Crippen molar-refractivity contribution in [1.29, 1.82) is 0 Å². The first kappa shape index (κ1) is 14.9. The minimum absolute atomic E-state index is 0.214. The van der Waals surface area contributed by atoms with Crippen LogP contribution in [0.5, 0.6) is 0 Å². The van der Waals surface area contributed by atoms with E-state index in [1.54, 1.807) is 0 Å². The lowest BCUT2D eigenvalue weighted by Gasteiger charge is -2.44. The topological polar surface area (TPSA) is 43.8 Å². The van der Waals surface area contributed by atoms with Crippen LogP contribution < -0.4 is 0 Å². The Morgan fingerprint density at radius 3 is 1.39 bits per heavy atom. The fraction of sp³-hybridized carbons (Fsp3) is 0.786. The van der Waals surface area contributed by atoms with Crippen LogP contribution in [0.2, 0.25) is 0 Å². The smallest absolute Gasteiger partial charge is 0.347 e. The summed E-state index contributed by atoms with van der Waals surface area (Å²) in [4.78, 5) is 15.7. The third-order valence-corrected chi connectivity index (χ3v) is 3.40. The van der Waals surface area contributed by atoms with Crippen LogP contribution in [0.1, 0.15) is 55.4 Å². The molecule has 4 nitrogen and oxygen atoms in total. The first-order chi connectivity index (χ1) is 7.89. The summed E-state index contributed by atoms with van der Waals surface area (Å²) in [6.45, 7) is 16.3. The third kappa shape index (κ3) is 2.33. The number of allylic oxidation sites excluding steroid dienone is 2. The lowest BCUT2D eigenvalue weighted by Crippen LogP contribution is -2.57. The maximum absolute atomic E-state index is 11.7. The molecule has 0 saturated carbocycles. The predicted molar refractivity (Wildman–Crippen MR) is 73.0 cm³/mol. The molecule has 0 atom stereocenters. The Kier molecular flexibility index (Phi) is 3.45. The molecule has 0 aromatic heterocycles. The standard InChI is InChI=1S/C14H26N2O2/c1-9-10(2)16(14(6,7)8)11(12(17)18)15(9)13(3,4)5/h11H,1-8H3,(H,17,18). The first-order valence-electron chi connectivity index (χ1n) is 6.38. The molecule has 1 heterocycles. The zero-order valence-corrected chi connectivity index (χ0v) is 12.8. The molecule has 0 saturated heterocycles. The van der Waals surface area contributed by atoms with Crippen LogP contribution in [-0.2, 0) is 4.79 Å². The second-order valence-corrected chi connectivity index (χ2v) is 6.96. The summed E-state index contributed by atoms with van der Waals surface area (Å²) < 4.78 is 0. The van der Waals surface area contributed by atoms with E-state index in [-0.39, 0.29) is 11.1 Å². The minimum Gasteiger partial charge on any atom is -0.478 e. The average molecular weight is 254 g/mol. The van der Waals surface area contributed by atoms with Gasteiger partial charge in [-0.05, 0) is 55.4 Å². The van der Waals surface area contributed by atoms with E-state index in [2.05, 4.69) is 0 Å². The van der Waals surface area contributed by atoms with Crippen LogP contribution in [0.25, 0.3) is 0 Å². The Labute approximate surface area is 110 Å². The number of carboxylic acids is 1. The molecule has 0 fully saturated rings. The number of nitrogens with zero attached hydrogens (tertiary/aromatic N) is 2. The van der Waals surface area contributed by atoms with Gasteiger partial charge in [-0.1, -0.05) is 0 Å². The number of carboxylic acid groups (broad SMARTS) is 1. The largest absolute Gasteiger partial charge is 0.478 e. The Morgan fingerprint density at radius 1 is 0.944 bits per heavy atom. The molecule has 1 rings (SSSR count). The lowest BCUT2D eigenvalue weighted by molar-refractivity contribution is -0.152. The van der Waals surface area contributed by atoms with Gasteiger partial charge in [-0.3, -0.25) is 0 Å².